The summed E-state index contributed by atoms with van der Waals surface area (Å²) in [5.41, 5.74) is 0. The number of hydrogen-bond donors (Lipinski definition) is 0. The van der Waals surface area contributed by atoms with E-state index < -0.39 is 0 Å². The molecule has 0 atom stereocenters. The zero-order valence-corrected chi connectivity index (χ0v) is 6.32. The molecule has 0 aromatic carbocycles. The predicted molar refractivity (Wildman–Crippen MR) is 43.6 cm³/mol. The fourth-order valence-electron chi connectivity index (χ4n) is 0.620. The number of thiophene rings is 1. The van der Waals surface area contributed by atoms with E-state index in [0.717, 1.165) is 6.42 Å². The molecule has 0 unspecified atom stereocenters. The van der Waals surface area contributed by atoms with Gasteiger partial charge in [0, 0.05) is 4.88 Å². The van der Waals surface area contributed by atoms with E-state index in [2.05, 4.69) is 36.6 Å². The van der Waals surface area contributed by atoms with Crippen LogP contribution in [-0.4, -0.2) is 0 Å². The lowest BCUT2D eigenvalue weighted by Crippen LogP contribution is -1.54. The van der Waals surface area contributed by atoms with E-state index >= 15 is 0 Å². The Balaban J connectivity index is 2.57. The average Bonchev–Trinajstić information content (AvgIpc) is 2.34. The first-order valence-corrected chi connectivity index (χ1v) is 4.01. The molecule has 0 bridgehead atoms. The minimum absolute atomic E-state index is 1.12. The molecule has 0 spiro atoms. The largest absolute Gasteiger partial charge is 0.144 e. The van der Waals surface area contributed by atoms with Crippen LogP contribution in [0.4, 0.5) is 0 Å². The van der Waals surface area contributed by atoms with Crippen molar-refractivity contribution in [3.8, 4) is 0 Å². The summed E-state index contributed by atoms with van der Waals surface area (Å²) in [5, 5.41) is 2.09. The maximum Gasteiger partial charge on any atom is 0.0267 e. The zero-order valence-electron chi connectivity index (χ0n) is 5.50. The summed E-state index contributed by atoms with van der Waals surface area (Å²) in [5.74, 6) is 0. The Morgan fingerprint density at radius 3 is 3.11 bits per heavy atom. The van der Waals surface area contributed by atoms with E-state index in [0.29, 0.717) is 0 Å². The van der Waals surface area contributed by atoms with Crippen molar-refractivity contribution >= 4 is 17.4 Å². The third-order valence-electron chi connectivity index (χ3n) is 1.06. The highest BCUT2D eigenvalue weighted by Gasteiger charge is 1.81. The molecular formula is C8H10S. The fourth-order valence-corrected chi connectivity index (χ4v) is 1.27. The summed E-state index contributed by atoms with van der Waals surface area (Å²) >= 11 is 1.78. The summed E-state index contributed by atoms with van der Waals surface area (Å²) in [6, 6.07) is 4.19. The monoisotopic (exact) mass is 138 g/mol. The second-order valence-electron chi connectivity index (χ2n) is 1.83. The van der Waals surface area contributed by atoms with Crippen molar-refractivity contribution in [3.05, 3.63) is 28.5 Å². The van der Waals surface area contributed by atoms with Crippen LogP contribution in [0, 0.1) is 0 Å². The van der Waals surface area contributed by atoms with Gasteiger partial charge in [-0.1, -0.05) is 19.1 Å². The van der Waals surface area contributed by atoms with Crippen molar-refractivity contribution in [2.75, 3.05) is 0 Å². The molecule has 0 nitrogen and oxygen atoms in total. The first-order chi connectivity index (χ1) is 4.43. The molecule has 0 N–H and O–H groups in total. The van der Waals surface area contributed by atoms with Crippen LogP contribution in [0.3, 0.4) is 0 Å². The number of hydrogen-bond acceptors (Lipinski definition) is 1. The van der Waals surface area contributed by atoms with Crippen molar-refractivity contribution in [2.45, 2.75) is 13.3 Å². The normalized spacial score (nSPS) is 10.8. The Morgan fingerprint density at radius 2 is 2.56 bits per heavy atom. The Bertz CT molecular complexity index is 172. The third-order valence-corrected chi connectivity index (χ3v) is 1.90. The first kappa shape index (κ1) is 6.56. The van der Waals surface area contributed by atoms with E-state index in [9.17, 15) is 0 Å². The Kier molecular flexibility index (Phi) is 2.52. The molecule has 0 amide bonds. The van der Waals surface area contributed by atoms with Gasteiger partial charge in [0.1, 0.15) is 0 Å². The fraction of sp³-hybridized carbons (Fsp3) is 0.250. The number of allylic oxidation sites excluding steroid dienone is 1. The topological polar surface area (TPSA) is 0 Å². The van der Waals surface area contributed by atoms with Crippen LogP contribution >= 0.6 is 11.3 Å². The molecule has 1 aromatic heterocycles. The van der Waals surface area contributed by atoms with Crippen LogP contribution in [0.25, 0.3) is 6.08 Å². The third kappa shape index (κ3) is 2.02. The highest BCUT2D eigenvalue weighted by Crippen LogP contribution is 2.09. The van der Waals surface area contributed by atoms with Gasteiger partial charge < -0.3 is 0 Å². The molecule has 0 fully saturated rings. The Labute approximate surface area is 59.8 Å². The van der Waals surface area contributed by atoms with Gasteiger partial charge in [-0.25, -0.2) is 0 Å². The van der Waals surface area contributed by atoms with Gasteiger partial charge in [-0.2, -0.15) is 0 Å². The standard InChI is InChI=1S/C8H10S/c1-2-3-5-8-6-4-7-9-8/h3-7H,2H2,1H3/b5-3+. The Hall–Kier alpha value is -0.560. The SMILES string of the molecule is CC/C=C/c1cccs1. The molecule has 9 heavy (non-hydrogen) atoms. The highest BCUT2D eigenvalue weighted by atomic mass is 32.1. The van der Waals surface area contributed by atoms with E-state index in [1.165, 1.54) is 4.88 Å². The van der Waals surface area contributed by atoms with E-state index in [1.54, 1.807) is 11.3 Å². The quantitative estimate of drug-likeness (QED) is 0.589. The van der Waals surface area contributed by atoms with Gasteiger partial charge in [-0.15, -0.1) is 11.3 Å². The molecule has 1 heteroatoms. The van der Waals surface area contributed by atoms with Crippen LogP contribution in [0.2, 0.25) is 0 Å². The molecule has 48 valence electrons. The van der Waals surface area contributed by atoms with Crippen LogP contribution in [-0.2, 0) is 0 Å². The minimum atomic E-state index is 1.12. The van der Waals surface area contributed by atoms with Gasteiger partial charge in [0.05, 0.1) is 0 Å². The zero-order chi connectivity index (χ0) is 6.53. The molecule has 0 aliphatic rings. The maximum absolute atomic E-state index is 2.17. The van der Waals surface area contributed by atoms with Gasteiger partial charge >= 0.3 is 0 Å². The molecule has 1 heterocycles. The molecule has 1 rings (SSSR count). The van der Waals surface area contributed by atoms with Crippen molar-refractivity contribution in [1.82, 2.24) is 0 Å². The lowest BCUT2D eigenvalue weighted by molar-refractivity contribution is 1.23. The van der Waals surface area contributed by atoms with Crippen LogP contribution < -0.4 is 0 Å². The summed E-state index contributed by atoms with van der Waals surface area (Å²) < 4.78 is 0. The average molecular weight is 138 g/mol. The smallest absolute Gasteiger partial charge is 0.0267 e. The van der Waals surface area contributed by atoms with Crippen molar-refractivity contribution in [1.29, 1.82) is 0 Å². The summed E-state index contributed by atoms with van der Waals surface area (Å²) in [6.07, 6.45) is 5.45. The van der Waals surface area contributed by atoms with Gasteiger partial charge in [0.2, 0.25) is 0 Å². The summed E-state index contributed by atoms with van der Waals surface area (Å²) in [4.78, 5) is 1.34. The molecule has 0 aliphatic heterocycles. The number of rotatable bonds is 2. The van der Waals surface area contributed by atoms with Crippen LogP contribution in [0.15, 0.2) is 23.6 Å². The van der Waals surface area contributed by atoms with Crippen LogP contribution in [0.1, 0.15) is 18.2 Å². The lowest BCUT2D eigenvalue weighted by Gasteiger charge is -1.78. The maximum atomic E-state index is 2.17. The molecule has 0 aliphatic carbocycles. The second kappa shape index (κ2) is 3.46. The van der Waals surface area contributed by atoms with Gasteiger partial charge in [0.25, 0.3) is 0 Å². The first-order valence-electron chi connectivity index (χ1n) is 3.13. The molecular weight excluding hydrogens is 128 g/mol. The molecule has 0 saturated heterocycles. The van der Waals surface area contributed by atoms with Crippen molar-refractivity contribution < 1.29 is 0 Å². The lowest BCUT2D eigenvalue weighted by atomic mass is 10.4. The predicted octanol–water partition coefficient (Wildman–Crippen LogP) is 3.17. The van der Waals surface area contributed by atoms with Crippen molar-refractivity contribution in [2.24, 2.45) is 0 Å². The van der Waals surface area contributed by atoms with Gasteiger partial charge in [-0.3, -0.25) is 0 Å². The molecule has 0 radical (unpaired) electrons. The Morgan fingerprint density at radius 1 is 1.67 bits per heavy atom. The second-order valence-corrected chi connectivity index (χ2v) is 2.81. The van der Waals surface area contributed by atoms with E-state index in [-0.39, 0.29) is 0 Å². The van der Waals surface area contributed by atoms with E-state index in [1.807, 2.05) is 0 Å². The van der Waals surface area contributed by atoms with Crippen LogP contribution in [0.5, 0.6) is 0 Å². The van der Waals surface area contributed by atoms with Gasteiger partial charge in [0.15, 0.2) is 0 Å². The highest BCUT2D eigenvalue weighted by molar-refractivity contribution is 7.10. The minimum Gasteiger partial charge on any atom is -0.144 e. The summed E-state index contributed by atoms with van der Waals surface area (Å²) in [7, 11) is 0. The molecule has 0 saturated carbocycles. The van der Waals surface area contributed by atoms with Gasteiger partial charge in [-0.05, 0) is 23.9 Å². The summed E-state index contributed by atoms with van der Waals surface area (Å²) in [6.45, 7) is 2.14. The van der Waals surface area contributed by atoms with E-state index in [4.69, 9.17) is 0 Å². The molecule has 1 aromatic rings. The van der Waals surface area contributed by atoms with Crippen molar-refractivity contribution in [3.63, 3.8) is 0 Å².